The third-order valence-corrected chi connectivity index (χ3v) is 5.05. The van der Waals surface area contributed by atoms with Crippen molar-refractivity contribution in [2.24, 2.45) is 0 Å². The number of benzene rings is 1. The molecule has 158 valence electrons. The molecular formula is C23H41F3N+. The van der Waals surface area contributed by atoms with Gasteiger partial charge in [0.2, 0.25) is 0 Å². The van der Waals surface area contributed by atoms with Gasteiger partial charge in [0.05, 0.1) is 31.7 Å². The predicted octanol–water partition coefficient (Wildman–Crippen LogP) is 7.71. The van der Waals surface area contributed by atoms with E-state index in [1.165, 1.54) is 94.2 Å². The van der Waals surface area contributed by atoms with E-state index in [0.717, 1.165) is 12.1 Å². The molecule has 0 atom stereocenters. The first-order valence-electron chi connectivity index (χ1n) is 10.8. The predicted molar refractivity (Wildman–Crippen MR) is 111 cm³/mol. The zero-order chi connectivity index (χ0) is 20.6. The van der Waals surface area contributed by atoms with Crippen LogP contribution < -0.4 is 0 Å². The number of nitrogens with zero attached hydrogens (tertiary/aromatic N) is 1. The van der Waals surface area contributed by atoms with Crippen LogP contribution in [0.25, 0.3) is 0 Å². The fraction of sp³-hybridized carbons (Fsp3) is 0.739. The minimum absolute atomic E-state index is 0.602. The van der Waals surface area contributed by atoms with Crippen molar-refractivity contribution in [2.45, 2.75) is 85.2 Å². The molecule has 0 amide bonds. The topological polar surface area (TPSA) is 0 Å². The molecule has 0 bridgehead atoms. The molecule has 0 N–H and O–H groups in total. The lowest BCUT2D eigenvalue weighted by atomic mass is 10.1. The number of hydrogen-bond donors (Lipinski definition) is 0. The molecule has 0 radical (unpaired) electrons. The Morgan fingerprint density at radius 2 is 0.963 bits per heavy atom. The smallest absolute Gasteiger partial charge is 0.324 e. The molecule has 0 saturated heterocycles. The Hall–Kier alpha value is -1.03. The minimum atomic E-state index is -4.21. The summed E-state index contributed by atoms with van der Waals surface area (Å²) in [5, 5.41) is 0. The Labute approximate surface area is 165 Å². The van der Waals surface area contributed by atoms with Crippen molar-refractivity contribution < 1.29 is 17.7 Å². The van der Waals surface area contributed by atoms with Crippen LogP contribution in [0.4, 0.5) is 13.2 Å². The van der Waals surface area contributed by atoms with E-state index >= 15 is 0 Å². The third-order valence-electron chi connectivity index (χ3n) is 5.05. The van der Waals surface area contributed by atoms with E-state index < -0.39 is 11.7 Å². The van der Waals surface area contributed by atoms with Crippen LogP contribution in [0.3, 0.4) is 0 Å². The lowest BCUT2D eigenvalue weighted by Crippen LogP contribution is -2.50. The van der Waals surface area contributed by atoms with Crippen molar-refractivity contribution in [3.05, 3.63) is 35.9 Å². The van der Waals surface area contributed by atoms with E-state index in [1.54, 1.807) is 6.07 Å². The second-order valence-corrected chi connectivity index (χ2v) is 7.51. The van der Waals surface area contributed by atoms with Crippen LogP contribution in [-0.2, 0) is 6.18 Å². The molecule has 0 saturated carbocycles. The minimum Gasteiger partial charge on any atom is -0.324 e. The van der Waals surface area contributed by atoms with Crippen molar-refractivity contribution in [3.8, 4) is 0 Å². The van der Waals surface area contributed by atoms with Crippen LogP contribution in [0.15, 0.2) is 30.3 Å². The maximum Gasteiger partial charge on any atom is 0.416 e. The molecule has 0 aromatic heterocycles. The van der Waals surface area contributed by atoms with E-state index in [-0.39, 0.29) is 0 Å². The number of alkyl halides is 3. The van der Waals surface area contributed by atoms with E-state index in [1.807, 2.05) is 0 Å². The molecule has 27 heavy (non-hydrogen) atoms. The summed E-state index contributed by atoms with van der Waals surface area (Å²) in [5.74, 6) is 0. The van der Waals surface area contributed by atoms with Gasteiger partial charge in [-0.05, 0) is 25.7 Å². The van der Waals surface area contributed by atoms with Crippen LogP contribution in [-0.4, -0.2) is 30.7 Å². The number of quaternary nitrogens is 1. The fourth-order valence-corrected chi connectivity index (χ4v) is 3.27. The van der Waals surface area contributed by atoms with Crippen molar-refractivity contribution in [1.29, 1.82) is 0 Å². The number of halogens is 3. The van der Waals surface area contributed by atoms with E-state index in [4.69, 9.17) is 0 Å². The first-order valence-corrected chi connectivity index (χ1v) is 10.8. The van der Waals surface area contributed by atoms with Gasteiger partial charge >= 0.3 is 6.18 Å². The Morgan fingerprint density at radius 1 is 0.630 bits per heavy atom. The summed E-state index contributed by atoms with van der Waals surface area (Å²) in [5.41, 5.74) is -0.602. The average Bonchev–Trinajstić information content (AvgIpc) is 2.67. The molecule has 0 aliphatic rings. The molecule has 1 rings (SSSR count). The van der Waals surface area contributed by atoms with E-state index in [0.29, 0.717) is 0 Å². The highest BCUT2D eigenvalue weighted by Gasteiger charge is 2.29. The standard InChI is InChI=1S/C16H36N.C7H5F3/c1-5-9-13-17(14-10-6-2,15-11-7-3)16-12-8-4;8-7(9,10)6-4-2-1-3-5-6/h5-16H2,1-4H3;1-5H/q+1;. The second kappa shape index (κ2) is 15.0. The molecule has 1 aromatic rings. The van der Waals surface area contributed by atoms with Crippen molar-refractivity contribution in [3.63, 3.8) is 0 Å². The SMILES string of the molecule is CCCC[N+](CCCC)(CCCC)CCCC.FC(F)(F)c1ccccc1. The van der Waals surface area contributed by atoms with Crippen molar-refractivity contribution in [1.82, 2.24) is 0 Å². The number of unbranched alkanes of at least 4 members (excludes halogenated alkanes) is 4. The number of rotatable bonds is 12. The third kappa shape index (κ3) is 12.1. The lowest BCUT2D eigenvalue weighted by Gasteiger charge is -2.39. The van der Waals surface area contributed by atoms with Gasteiger partial charge in [0.1, 0.15) is 0 Å². The Morgan fingerprint density at radius 3 is 1.19 bits per heavy atom. The van der Waals surface area contributed by atoms with E-state index in [9.17, 15) is 13.2 Å². The van der Waals surface area contributed by atoms with Gasteiger partial charge in [-0.25, -0.2) is 0 Å². The Balaban J connectivity index is 0.000000569. The number of hydrogen-bond acceptors (Lipinski definition) is 0. The highest BCUT2D eigenvalue weighted by molar-refractivity contribution is 5.17. The van der Waals surface area contributed by atoms with Gasteiger partial charge in [-0.3, -0.25) is 0 Å². The maximum absolute atomic E-state index is 11.8. The first-order chi connectivity index (χ1) is 12.8. The van der Waals surface area contributed by atoms with Gasteiger partial charge < -0.3 is 4.48 Å². The van der Waals surface area contributed by atoms with Crippen LogP contribution in [0.5, 0.6) is 0 Å². The molecule has 0 heterocycles. The summed E-state index contributed by atoms with van der Waals surface area (Å²) in [6, 6.07) is 6.36. The van der Waals surface area contributed by atoms with Crippen molar-refractivity contribution in [2.75, 3.05) is 26.2 Å². The van der Waals surface area contributed by atoms with Crippen molar-refractivity contribution >= 4 is 0 Å². The summed E-state index contributed by atoms with van der Waals surface area (Å²) in [4.78, 5) is 0. The summed E-state index contributed by atoms with van der Waals surface area (Å²) in [6.07, 6.45) is 6.85. The molecular weight excluding hydrogens is 347 g/mol. The summed E-state index contributed by atoms with van der Waals surface area (Å²) >= 11 is 0. The fourth-order valence-electron chi connectivity index (χ4n) is 3.27. The second-order valence-electron chi connectivity index (χ2n) is 7.51. The van der Waals surface area contributed by atoms with Gasteiger partial charge in [-0.1, -0.05) is 83.7 Å². The van der Waals surface area contributed by atoms with Crippen LogP contribution >= 0.6 is 0 Å². The molecule has 0 unspecified atom stereocenters. The summed E-state index contributed by atoms with van der Waals surface area (Å²) in [6.45, 7) is 15.0. The van der Waals surface area contributed by atoms with E-state index in [2.05, 4.69) is 27.7 Å². The summed E-state index contributed by atoms with van der Waals surface area (Å²) < 4.78 is 36.8. The van der Waals surface area contributed by atoms with Gasteiger partial charge in [0.25, 0.3) is 0 Å². The normalized spacial score (nSPS) is 11.8. The van der Waals surface area contributed by atoms with Crippen LogP contribution in [0.1, 0.15) is 84.6 Å². The molecule has 0 fully saturated rings. The largest absolute Gasteiger partial charge is 0.416 e. The van der Waals surface area contributed by atoms with Gasteiger partial charge in [-0.15, -0.1) is 0 Å². The summed E-state index contributed by atoms with van der Waals surface area (Å²) in [7, 11) is 0. The first kappa shape index (κ1) is 26.0. The quantitative estimate of drug-likeness (QED) is 0.322. The van der Waals surface area contributed by atoms with Gasteiger partial charge in [0.15, 0.2) is 0 Å². The molecule has 1 aromatic carbocycles. The maximum atomic E-state index is 11.8. The molecule has 0 aliphatic carbocycles. The average molecular weight is 389 g/mol. The highest BCUT2D eigenvalue weighted by atomic mass is 19.4. The lowest BCUT2D eigenvalue weighted by molar-refractivity contribution is -0.929. The highest BCUT2D eigenvalue weighted by Crippen LogP contribution is 2.28. The Bertz CT molecular complexity index is 405. The molecule has 4 heteroatoms. The monoisotopic (exact) mass is 388 g/mol. The Kier molecular flexibility index (Phi) is 14.4. The molecule has 1 nitrogen and oxygen atoms in total. The van der Waals surface area contributed by atoms with Gasteiger partial charge in [-0.2, -0.15) is 13.2 Å². The molecule has 0 spiro atoms. The van der Waals surface area contributed by atoms with Crippen LogP contribution in [0.2, 0.25) is 0 Å². The van der Waals surface area contributed by atoms with Crippen LogP contribution in [0, 0.1) is 0 Å². The zero-order valence-corrected chi connectivity index (χ0v) is 18.0. The molecule has 0 aliphatic heterocycles. The van der Waals surface area contributed by atoms with Gasteiger partial charge in [0, 0.05) is 0 Å². The zero-order valence-electron chi connectivity index (χ0n) is 18.0.